The number of sulfonamides is 1. The van der Waals surface area contributed by atoms with Crippen molar-refractivity contribution in [3.63, 3.8) is 0 Å². The van der Waals surface area contributed by atoms with Gasteiger partial charge in [-0.15, -0.1) is 0 Å². The predicted octanol–water partition coefficient (Wildman–Crippen LogP) is 5.64. The number of ether oxygens (including phenoxy) is 1. The Morgan fingerprint density at radius 2 is 1.59 bits per heavy atom. The highest BCUT2D eigenvalue weighted by Gasteiger charge is 2.32. The normalized spacial score (nSPS) is 14.2. The summed E-state index contributed by atoms with van der Waals surface area (Å²) in [6.45, 7) is 4.83. The van der Waals surface area contributed by atoms with Gasteiger partial charge >= 0.3 is 0 Å². The number of nitrogens with zero attached hydrogens (tertiary/aromatic N) is 2. The third kappa shape index (κ3) is 9.58. The molecule has 3 aromatic carbocycles. The fourth-order valence-electron chi connectivity index (χ4n) is 5.69. The third-order valence-electron chi connectivity index (χ3n) is 8.03. The van der Waals surface area contributed by atoms with Crippen LogP contribution in [0.3, 0.4) is 0 Å². The second-order valence-corrected chi connectivity index (χ2v) is 13.5. The molecule has 4 rings (SSSR count). The smallest absolute Gasteiger partial charge is 0.243 e. The Balaban J connectivity index is 1.56. The molecule has 0 aliphatic heterocycles. The Hall–Kier alpha value is -3.85. The monoisotopic (exact) mass is 619 g/mol. The van der Waals surface area contributed by atoms with E-state index < -0.39 is 16.1 Å². The van der Waals surface area contributed by atoms with E-state index in [4.69, 9.17) is 4.74 Å². The molecule has 1 saturated carbocycles. The summed E-state index contributed by atoms with van der Waals surface area (Å²) in [6.07, 6.45) is 6.02. The molecule has 8 nitrogen and oxygen atoms in total. The number of rotatable bonds is 15. The van der Waals surface area contributed by atoms with Crippen LogP contribution in [-0.4, -0.2) is 56.6 Å². The standard InChI is InChI=1S/C35H45N3O5S/c1-4-43-32-22-20-31(21-23-32)38(44(3,41)42)24-10-15-34(39)37(26-29-18-16-27(2)17-19-29)33(25-28-11-6-5-7-12-28)35(40)36-30-13-8-9-14-30/h5-7,11-12,16-23,30,33H,4,8-10,13-15,24-26H2,1-3H3,(H,36,40)/t33-/m0/s1. The zero-order chi connectivity index (χ0) is 31.5. The van der Waals surface area contributed by atoms with Crippen molar-refractivity contribution >= 4 is 27.5 Å². The van der Waals surface area contributed by atoms with E-state index in [0.29, 0.717) is 30.9 Å². The summed E-state index contributed by atoms with van der Waals surface area (Å²) in [5, 5.41) is 3.23. The van der Waals surface area contributed by atoms with E-state index >= 15 is 0 Å². The van der Waals surface area contributed by atoms with Crippen LogP contribution in [0.4, 0.5) is 5.69 Å². The van der Waals surface area contributed by atoms with E-state index in [1.54, 1.807) is 29.2 Å². The van der Waals surface area contributed by atoms with Gasteiger partial charge in [-0.2, -0.15) is 0 Å². The highest BCUT2D eigenvalue weighted by Crippen LogP contribution is 2.24. The molecular weight excluding hydrogens is 574 g/mol. The lowest BCUT2D eigenvalue weighted by Crippen LogP contribution is -2.52. The molecule has 0 saturated heterocycles. The molecular formula is C35H45N3O5S. The maximum atomic E-state index is 14.0. The molecule has 0 spiro atoms. The topological polar surface area (TPSA) is 96.0 Å². The van der Waals surface area contributed by atoms with Crippen molar-refractivity contribution in [3.05, 3.63) is 95.6 Å². The number of carbonyl (C=O) groups is 2. The average Bonchev–Trinajstić information content (AvgIpc) is 3.51. The number of benzene rings is 3. The molecule has 9 heteroatoms. The van der Waals surface area contributed by atoms with Crippen LogP contribution in [0.5, 0.6) is 5.75 Å². The van der Waals surface area contributed by atoms with Crippen molar-refractivity contribution in [2.75, 3.05) is 23.7 Å². The van der Waals surface area contributed by atoms with Gasteiger partial charge in [-0.25, -0.2) is 8.42 Å². The molecule has 1 aliphatic rings. The largest absolute Gasteiger partial charge is 0.494 e. The summed E-state index contributed by atoms with van der Waals surface area (Å²) in [4.78, 5) is 29.6. The molecule has 0 heterocycles. The van der Waals surface area contributed by atoms with E-state index in [2.05, 4.69) is 5.32 Å². The lowest BCUT2D eigenvalue weighted by atomic mass is 10.0. The van der Waals surface area contributed by atoms with Crippen LogP contribution in [-0.2, 0) is 32.6 Å². The van der Waals surface area contributed by atoms with Gasteiger partial charge in [-0.05, 0) is 68.5 Å². The highest BCUT2D eigenvalue weighted by atomic mass is 32.2. The Kier molecular flexibility index (Phi) is 11.8. The van der Waals surface area contributed by atoms with Crippen molar-refractivity contribution < 1.29 is 22.7 Å². The van der Waals surface area contributed by atoms with Gasteiger partial charge in [-0.3, -0.25) is 13.9 Å². The van der Waals surface area contributed by atoms with Crippen LogP contribution < -0.4 is 14.4 Å². The van der Waals surface area contributed by atoms with Crippen molar-refractivity contribution in [2.24, 2.45) is 0 Å². The molecule has 236 valence electrons. The first kappa shape index (κ1) is 33.1. The van der Waals surface area contributed by atoms with E-state index in [0.717, 1.165) is 48.6 Å². The Bertz CT molecular complexity index is 1450. The third-order valence-corrected chi connectivity index (χ3v) is 9.23. The molecule has 1 N–H and O–H groups in total. The van der Waals surface area contributed by atoms with Crippen molar-refractivity contribution in [1.29, 1.82) is 0 Å². The lowest BCUT2D eigenvalue weighted by molar-refractivity contribution is -0.141. The van der Waals surface area contributed by atoms with Gasteiger partial charge in [0.1, 0.15) is 11.8 Å². The first-order valence-corrected chi connectivity index (χ1v) is 17.4. The van der Waals surface area contributed by atoms with Crippen LogP contribution in [0.25, 0.3) is 0 Å². The number of hydrogen-bond donors (Lipinski definition) is 1. The zero-order valence-electron chi connectivity index (χ0n) is 26.1. The summed E-state index contributed by atoms with van der Waals surface area (Å²) in [7, 11) is -3.59. The Morgan fingerprint density at radius 1 is 0.932 bits per heavy atom. The van der Waals surface area contributed by atoms with Crippen LogP contribution in [0, 0.1) is 6.92 Å². The molecule has 0 bridgehead atoms. The molecule has 0 aromatic heterocycles. The van der Waals surface area contributed by atoms with Gasteiger partial charge in [-0.1, -0.05) is 73.0 Å². The van der Waals surface area contributed by atoms with Gasteiger partial charge < -0.3 is 15.0 Å². The summed E-state index contributed by atoms with van der Waals surface area (Å²) >= 11 is 0. The van der Waals surface area contributed by atoms with Crippen LogP contribution in [0.1, 0.15) is 62.1 Å². The van der Waals surface area contributed by atoms with Crippen LogP contribution in [0.15, 0.2) is 78.9 Å². The fourth-order valence-corrected chi connectivity index (χ4v) is 6.66. The van der Waals surface area contributed by atoms with Crippen LogP contribution in [0.2, 0.25) is 0 Å². The molecule has 0 radical (unpaired) electrons. The minimum atomic E-state index is -3.59. The van der Waals surface area contributed by atoms with Gasteiger partial charge in [0.25, 0.3) is 0 Å². The molecule has 3 aromatic rings. The number of carbonyl (C=O) groups excluding carboxylic acids is 2. The molecule has 1 fully saturated rings. The first-order chi connectivity index (χ1) is 21.1. The summed E-state index contributed by atoms with van der Waals surface area (Å²) < 4.78 is 32.3. The van der Waals surface area contributed by atoms with Gasteiger partial charge in [0.15, 0.2) is 0 Å². The lowest BCUT2D eigenvalue weighted by Gasteiger charge is -2.33. The number of amides is 2. The molecule has 1 atom stereocenters. The SMILES string of the molecule is CCOc1ccc(N(CCCC(=O)N(Cc2ccc(C)cc2)[C@@H](Cc2ccccc2)C(=O)NC2CCCC2)S(C)(=O)=O)cc1. The minimum Gasteiger partial charge on any atom is -0.494 e. The van der Waals surface area contributed by atoms with Gasteiger partial charge in [0.05, 0.1) is 18.6 Å². The van der Waals surface area contributed by atoms with E-state index in [9.17, 15) is 18.0 Å². The fraction of sp³-hybridized carbons (Fsp3) is 0.429. The van der Waals surface area contributed by atoms with Crippen LogP contribution >= 0.6 is 0 Å². The summed E-state index contributed by atoms with van der Waals surface area (Å²) in [5.41, 5.74) is 3.53. The second kappa shape index (κ2) is 15.7. The maximum absolute atomic E-state index is 14.0. The predicted molar refractivity (Wildman–Crippen MR) is 175 cm³/mol. The molecule has 0 unspecified atom stereocenters. The quantitative estimate of drug-likeness (QED) is 0.238. The number of anilines is 1. The summed E-state index contributed by atoms with van der Waals surface area (Å²) in [5.74, 6) is 0.327. The Labute approximate surface area is 262 Å². The van der Waals surface area contributed by atoms with E-state index in [-0.39, 0.29) is 37.4 Å². The molecule has 2 amide bonds. The zero-order valence-corrected chi connectivity index (χ0v) is 26.9. The minimum absolute atomic E-state index is 0.0942. The first-order valence-electron chi connectivity index (χ1n) is 15.5. The molecule has 44 heavy (non-hydrogen) atoms. The average molecular weight is 620 g/mol. The van der Waals surface area contributed by atoms with E-state index in [1.165, 1.54) is 4.31 Å². The van der Waals surface area contributed by atoms with Crippen molar-refractivity contribution in [1.82, 2.24) is 10.2 Å². The maximum Gasteiger partial charge on any atom is 0.243 e. The van der Waals surface area contributed by atoms with Gasteiger partial charge in [0, 0.05) is 32.0 Å². The molecule has 1 aliphatic carbocycles. The second-order valence-electron chi connectivity index (χ2n) is 11.6. The van der Waals surface area contributed by atoms with Crippen molar-refractivity contribution in [3.8, 4) is 5.75 Å². The summed E-state index contributed by atoms with van der Waals surface area (Å²) in [6, 6.07) is 24.1. The van der Waals surface area contributed by atoms with Crippen molar-refractivity contribution in [2.45, 2.75) is 77.4 Å². The Morgan fingerprint density at radius 3 is 2.20 bits per heavy atom. The van der Waals surface area contributed by atoms with E-state index in [1.807, 2.05) is 68.4 Å². The number of hydrogen-bond acceptors (Lipinski definition) is 5. The number of aryl methyl sites for hydroxylation is 1. The highest BCUT2D eigenvalue weighted by molar-refractivity contribution is 7.92. The van der Waals surface area contributed by atoms with Gasteiger partial charge in [0.2, 0.25) is 21.8 Å². The number of nitrogens with one attached hydrogen (secondary N) is 1.